The maximum atomic E-state index is 5.89. The summed E-state index contributed by atoms with van der Waals surface area (Å²) in [6, 6.07) is 9.79. The van der Waals surface area contributed by atoms with Gasteiger partial charge in [-0.2, -0.15) is 0 Å². The summed E-state index contributed by atoms with van der Waals surface area (Å²) in [5.41, 5.74) is 7.99. The summed E-state index contributed by atoms with van der Waals surface area (Å²) >= 11 is 0. The summed E-state index contributed by atoms with van der Waals surface area (Å²) in [5, 5.41) is 0. The summed E-state index contributed by atoms with van der Waals surface area (Å²) in [4.78, 5) is 4.08. The number of benzene rings is 1. The first-order valence-corrected chi connectivity index (χ1v) is 6.63. The lowest BCUT2D eigenvalue weighted by molar-refractivity contribution is 0.299. The minimum Gasteiger partial charge on any atom is -0.497 e. The van der Waals surface area contributed by atoms with E-state index in [0.29, 0.717) is 6.61 Å². The van der Waals surface area contributed by atoms with Crippen LogP contribution in [-0.4, -0.2) is 18.1 Å². The minimum absolute atomic E-state index is 0.0872. The lowest BCUT2D eigenvalue weighted by atomic mass is 10.1. The molecule has 0 aliphatic rings. The zero-order chi connectivity index (χ0) is 14.4. The highest BCUT2D eigenvalue weighted by atomic mass is 16.5. The highest BCUT2D eigenvalue weighted by Gasteiger charge is 2.08. The molecule has 1 aromatic heterocycles. The van der Waals surface area contributed by atoms with Crippen LogP contribution in [0.15, 0.2) is 42.7 Å². The molecule has 1 atom stereocenters. The van der Waals surface area contributed by atoms with Gasteiger partial charge in [0, 0.05) is 30.1 Å². The van der Waals surface area contributed by atoms with Crippen molar-refractivity contribution in [3.63, 3.8) is 0 Å². The summed E-state index contributed by atoms with van der Waals surface area (Å²) in [5.74, 6) is 1.59. The zero-order valence-electron chi connectivity index (χ0n) is 11.9. The molecule has 2 aromatic rings. The fraction of sp³-hybridized carbons (Fsp3) is 0.312. The number of ether oxygens (including phenoxy) is 2. The van der Waals surface area contributed by atoms with Crippen LogP contribution in [0.2, 0.25) is 0 Å². The van der Waals surface area contributed by atoms with Crippen LogP contribution in [0.25, 0.3) is 0 Å². The Labute approximate surface area is 119 Å². The number of aromatic nitrogens is 1. The van der Waals surface area contributed by atoms with Crippen LogP contribution >= 0.6 is 0 Å². The average molecular weight is 272 g/mol. The topological polar surface area (TPSA) is 57.4 Å². The van der Waals surface area contributed by atoms with Crippen LogP contribution in [0, 0.1) is 0 Å². The molecule has 2 N–H and O–H groups in total. The molecule has 2 rings (SSSR count). The molecule has 0 saturated carbocycles. The maximum absolute atomic E-state index is 5.89. The molecule has 0 aliphatic heterocycles. The van der Waals surface area contributed by atoms with E-state index >= 15 is 0 Å². The number of rotatable bonds is 6. The van der Waals surface area contributed by atoms with Gasteiger partial charge < -0.3 is 15.2 Å². The van der Waals surface area contributed by atoms with Crippen molar-refractivity contribution in [1.29, 1.82) is 0 Å². The van der Waals surface area contributed by atoms with Gasteiger partial charge in [0.05, 0.1) is 7.11 Å². The number of methoxy groups -OCH3 is 1. The summed E-state index contributed by atoms with van der Waals surface area (Å²) < 4.78 is 11.1. The lowest BCUT2D eigenvalue weighted by Gasteiger charge is -2.14. The Morgan fingerprint density at radius 1 is 1.30 bits per heavy atom. The van der Waals surface area contributed by atoms with Crippen LogP contribution in [0.5, 0.6) is 11.5 Å². The average Bonchev–Trinajstić information content (AvgIpc) is 2.47. The number of hydrogen-bond acceptors (Lipinski definition) is 4. The van der Waals surface area contributed by atoms with Gasteiger partial charge in [-0.05, 0) is 31.0 Å². The number of pyridine rings is 1. The van der Waals surface area contributed by atoms with E-state index in [1.54, 1.807) is 19.5 Å². The van der Waals surface area contributed by atoms with Gasteiger partial charge in [0.1, 0.15) is 18.1 Å². The fourth-order valence-corrected chi connectivity index (χ4v) is 1.96. The Morgan fingerprint density at radius 3 is 2.80 bits per heavy atom. The Balaban J connectivity index is 2.15. The molecule has 106 valence electrons. The normalized spacial score (nSPS) is 11.9. The summed E-state index contributed by atoms with van der Waals surface area (Å²) in [6.07, 6.45) is 4.31. The Morgan fingerprint density at radius 2 is 2.15 bits per heavy atom. The number of nitrogens with zero attached hydrogens (tertiary/aromatic N) is 1. The summed E-state index contributed by atoms with van der Waals surface area (Å²) in [7, 11) is 1.64. The zero-order valence-corrected chi connectivity index (χ0v) is 11.9. The molecule has 0 aliphatic carbocycles. The van der Waals surface area contributed by atoms with Gasteiger partial charge in [0.15, 0.2) is 0 Å². The van der Waals surface area contributed by atoms with Gasteiger partial charge in [0.25, 0.3) is 0 Å². The van der Waals surface area contributed by atoms with Gasteiger partial charge in [-0.25, -0.2) is 0 Å². The third kappa shape index (κ3) is 3.96. The van der Waals surface area contributed by atoms with E-state index < -0.39 is 0 Å². The van der Waals surface area contributed by atoms with E-state index in [9.17, 15) is 0 Å². The van der Waals surface area contributed by atoms with Crippen molar-refractivity contribution in [2.24, 2.45) is 5.73 Å². The van der Waals surface area contributed by atoms with E-state index in [1.807, 2.05) is 37.3 Å². The van der Waals surface area contributed by atoms with Crippen LogP contribution in [-0.2, 0) is 13.0 Å². The molecule has 0 radical (unpaired) electrons. The molecule has 20 heavy (non-hydrogen) atoms. The Kier molecular flexibility index (Phi) is 4.96. The molecule has 0 spiro atoms. The van der Waals surface area contributed by atoms with Crippen LogP contribution < -0.4 is 15.2 Å². The second kappa shape index (κ2) is 6.91. The Hall–Kier alpha value is -2.07. The number of hydrogen-bond donors (Lipinski definition) is 1. The molecular formula is C16H20N2O2. The van der Waals surface area contributed by atoms with E-state index in [0.717, 1.165) is 29.0 Å². The van der Waals surface area contributed by atoms with E-state index in [4.69, 9.17) is 15.2 Å². The molecule has 1 aromatic carbocycles. The van der Waals surface area contributed by atoms with Gasteiger partial charge in [-0.3, -0.25) is 4.98 Å². The van der Waals surface area contributed by atoms with E-state index in [2.05, 4.69) is 4.98 Å². The fourth-order valence-electron chi connectivity index (χ4n) is 1.96. The van der Waals surface area contributed by atoms with Gasteiger partial charge in [-0.1, -0.05) is 12.1 Å². The van der Waals surface area contributed by atoms with Crippen molar-refractivity contribution in [2.45, 2.75) is 26.0 Å². The molecule has 0 saturated heterocycles. The molecular weight excluding hydrogens is 252 g/mol. The molecule has 4 heteroatoms. The quantitative estimate of drug-likeness (QED) is 0.878. The van der Waals surface area contributed by atoms with E-state index in [1.165, 1.54) is 0 Å². The molecule has 1 heterocycles. The first-order chi connectivity index (χ1) is 9.69. The standard InChI is InChI=1S/C16H20N2O2/c1-12(17)8-14-5-6-15(19-2)9-16(14)20-11-13-4-3-7-18-10-13/h3-7,9-10,12H,8,11,17H2,1-2H3. The third-order valence-electron chi connectivity index (χ3n) is 2.93. The highest BCUT2D eigenvalue weighted by molar-refractivity contribution is 5.41. The summed E-state index contributed by atoms with van der Waals surface area (Å²) in [6.45, 7) is 2.46. The first-order valence-electron chi connectivity index (χ1n) is 6.63. The van der Waals surface area contributed by atoms with Crippen molar-refractivity contribution in [2.75, 3.05) is 7.11 Å². The number of nitrogens with two attached hydrogens (primary N) is 1. The largest absolute Gasteiger partial charge is 0.497 e. The molecule has 0 amide bonds. The highest BCUT2D eigenvalue weighted by Crippen LogP contribution is 2.26. The molecule has 0 fully saturated rings. The lowest BCUT2D eigenvalue weighted by Crippen LogP contribution is -2.18. The predicted molar refractivity (Wildman–Crippen MR) is 78.9 cm³/mol. The molecule has 1 unspecified atom stereocenters. The monoisotopic (exact) mass is 272 g/mol. The predicted octanol–water partition coefficient (Wildman–Crippen LogP) is 2.56. The van der Waals surface area contributed by atoms with Crippen molar-refractivity contribution in [1.82, 2.24) is 4.98 Å². The van der Waals surface area contributed by atoms with Crippen LogP contribution in [0.3, 0.4) is 0 Å². The van der Waals surface area contributed by atoms with Gasteiger partial charge in [-0.15, -0.1) is 0 Å². The SMILES string of the molecule is COc1ccc(CC(C)N)c(OCc2cccnc2)c1. The van der Waals surface area contributed by atoms with Crippen molar-refractivity contribution < 1.29 is 9.47 Å². The minimum atomic E-state index is 0.0872. The van der Waals surface area contributed by atoms with Crippen molar-refractivity contribution in [3.8, 4) is 11.5 Å². The van der Waals surface area contributed by atoms with Crippen LogP contribution in [0.4, 0.5) is 0 Å². The second-order valence-electron chi connectivity index (χ2n) is 4.81. The molecule has 0 bridgehead atoms. The van der Waals surface area contributed by atoms with Crippen LogP contribution in [0.1, 0.15) is 18.1 Å². The molecule has 4 nitrogen and oxygen atoms in total. The second-order valence-corrected chi connectivity index (χ2v) is 4.81. The van der Waals surface area contributed by atoms with Gasteiger partial charge >= 0.3 is 0 Å². The van der Waals surface area contributed by atoms with Crippen molar-refractivity contribution >= 4 is 0 Å². The Bertz CT molecular complexity index is 541. The van der Waals surface area contributed by atoms with Gasteiger partial charge in [0.2, 0.25) is 0 Å². The maximum Gasteiger partial charge on any atom is 0.126 e. The third-order valence-corrected chi connectivity index (χ3v) is 2.93. The van der Waals surface area contributed by atoms with Crippen molar-refractivity contribution in [3.05, 3.63) is 53.9 Å². The first kappa shape index (κ1) is 14.3. The van der Waals surface area contributed by atoms with E-state index in [-0.39, 0.29) is 6.04 Å². The smallest absolute Gasteiger partial charge is 0.126 e.